The molecule has 0 rings (SSSR count). The van der Waals surface area contributed by atoms with E-state index in [9.17, 15) is 9.59 Å². The summed E-state index contributed by atoms with van der Waals surface area (Å²) in [5, 5.41) is 0. The molecule has 0 aromatic heterocycles. The number of hydrogen-bond donors (Lipinski definition) is 0. The van der Waals surface area contributed by atoms with Crippen LogP contribution < -0.4 is 0 Å². The Labute approximate surface area is 88.4 Å². The van der Waals surface area contributed by atoms with Gasteiger partial charge in [-0.25, -0.2) is 0 Å². The van der Waals surface area contributed by atoms with E-state index in [0.717, 1.165) is 0 Å². The first-order valence-electron chi connectivity index (χ1n) is 4.43. The topological polar surface area (TPSA) is 71.1 Å². The van der Waals surface area contributed by atoms with Crippen LogP contribution in [0.5, 0.6) is 0 Å². The van der Waals surface area contributed by atoms with Crippen molar-refractivity contribution in [3.05, 3.63) is 0 Å². The molecule has 0 aliphatic rings. The molecule has 0 saturated carbocycles. The molecule has 0 saturated heterocycles. The Hall–Kier alpha value is -1.14. The molecule has 6 nitrogen and oxygen atoms in total. The van der Waals surface area contributed by atoms with Gasteiger partial charge >= 0.3 is 11.9 Å². The molecule has 0 N–H and O–H groups in total. The average Bonchev–Trinajstić information content (AvgIpc) is 2.13. The normalized spacial score (nSPS) is 11.9. The minimum atomic E-state index is -0.596. The molecule has 0 fully saturated rings. The van der Waals surface area contributed by atoms with E-state index in [4.69, 9.17) is 14.2 Å². The van der Waals surface area contributed by atoms with Gasteiger partial charge in [-0.2, -0.15) is 0 Å². The average molecular weight is 220 g/mol. The largest absolute Gasteiger partial charge is 0.462 e. The van der Waals surface area contributed by atoms with E-state index < -0.39 is 18.0 Å². The zero-order chi connectivity index (χ0) is 11.7. The third-order valence-electron chi connectivity index (χ3n) is 1.31. The van der Waals surface area contributed by atoms with Crippen molar-refractivity contribution in [3.8, 4) is 0 Å². The number of carbonyl (C=O) groups excluding carboxylic acids is 2. The standard InChI is InChI=1S/C9H16O6/c1-7(10)14-5-9(15-8(2)11)4-13-6-12-3/h9H,4-6H2,1-3H3. The summed E-state index contributed by atoms with van der Waals surface area (Å²) < 4.78 is 19.2. The van der Waals surface area contributed by atoms with Gasteiger partial charge in [0.25, 0.3) is 0 Å². The van der Waals surface area contributed by atoms with Gasteiger partial charge in [0.05, 0.1) is 6.61 Å². The highest BCUT2D eigenvalue weighted by atomic mass is 16.7. The number of ether oxygens (including phenoxy) is 4. The molecule has 88 valence electrons. The second-order valence-electron chi connectivity index (χ2n) is 2.81. The van der Waals surface area contributed by atoms with E-state index >= 15 is 0 Å². The fourth-order valence-electron chi connectivity index (χ4n) is 0.824. The monoisotopic (exact) mass is 220 g/mol. The molecular formula is C9H16O6. The van der Waals surface area contributed by atoms with Crippen molar-refractivity contribution in [1.82, 2.24) is 0 Å². The SMILES string of the molecule is COCOCC(COC(C)=O)OC(C)=O. The fraction of sp³-hybridized carbons (Fsp3) is 0.778. The lowest BCUT2D eigenvalue weighted by atomic mass is 10.4. The third kappa shape index (κ3) is 9.17. The summed E-state index contributed by atoms with van der Waals surface area (Å²) in [6.07, 6.45) is -0.596. The number of methoxy groups -OCH3 is 1. The number of carbonyl (C=O) groups is 2. The molecule has 0 aliphatic carbocycles. The molecule has 0 radical (unpaired) electrons. The van der Waals surface area contributed by atoms with Gasteiger partial charge in [0.1, 0.15) is 13.4 Å². The van der Waals surface area contributed by atoms with Crippen molar-refractivity contribution in [2.24, 2.45) is 0 Å². The van der Waals surface area contributed by atoms with Crippen molar-refractivity contribution in [3.63, 3.8) is 0 Å². The zero-order valence-corrected chi connectivity index (χ0v) is 9.15. The Bertz CT molecular complexity index is 203. The van der Waals surface area contributed by atoms with Gasteiger partial charge in [-0.3, -0.25) is 9.59 Å². The molecule has 0 aromatic carbocycles. The number of rotatable bonds is 7. The molecule has 15 heavy (non-hydrogen) atoms. The lowest BCUT2D eigenvalue weighted by Crippen LogP contribution is -2.28. The van der Waals surface area contributed by atoms with Gasteiger partial charge in [0.2, 0.25) is 0 Å². The van der Waals surface area contributed by atoms with Gasteiger partial charge in [-0.05, 0) is 0 Å². The first kappa shape index (κ1) is 13.9. The van der Waals surface area contributed by atoms with E-state index in [-0.39, 0.29) is 20.0 Å². The van der Waals surface area contributed by atoms with Crippen molar-refractivity contribution in [2.45, 2.75) is 20.0 Å². The molecule has 0 amide bonds. The quantitative estimate of drug-likeness (QED) is 0.344. The van der Waals surface area contributed by atoms with Crippen molar-refractivity contribution in [1.29, 1.82) is 0 Å². The van der Waals surface area contributed by atoms with E-state index in [0.29, 0.717) is 0 Å². The van der Waals surface area contributed by atoms with Crippen molar-refractivity contribution >= 4 is 11.9 Å². The lowest BCUT2D eigenvalue weighted by molar-refractivity contribution is -0.162. The van der Waals surface area contributed by atoms with Crippen LogP contribution in [0.2, 0.25) is 0 Å². The summed E-state index contributed by atoms with van der Waals surface area (Å²) in [4.78, 5) is 21.2. The van der Waals surface area contributed by atoms with Crippen LogP contribution >= 0.6 is 0 Å². The van der Waals surface area contributed by atoms with Crippen LogP contribution in [-0.2, 0) is 28.5 Å². The summed E-state index contributed by atoms with van der Waals surface area (Å²) in [6, 6.07) is 0. The first-order chi connectivity index (χ1) is 7.06. The summed E-state index contributed by atoms with van der Waals surface area (Å²) in [7, 11) is 1.48. The van der Waals surface area contributed by atoms with Gasteiger partial charge in [-0.15, -0.1) is 0 Å². The summed E-state index contributed by atoms with van der Waals surface area (Å²) in [5.41, 5.74) is 0. The molecule has 0 bridgehead atoms. The Kier molecular flexibility index (Phi) is 7.57. The summed E-state index contributed by atoms with van der Waals surface area (Å²) >= 11 is 0. The molecule has 1 atom stereocenters. The first-order valence-corrected chi connectivity index (χ1v) is 4.43. The second kappa shape index (κ2) is 8.19. The highest BCUT2D eigenvalue weighted by Gasteiger charge is 2.13. The van der Waals surface area contributed by atoms with E-state index in [2.05, 4.69) is 4.74 Å². The minimum Gasteiger partial charge on any atom is -0.462 e. The van der Waals surface area contributed by atoms with Crippen molar-refractivity contribution < 1.29 is 28.5 Å². The van der Waals surface area contributed by atoms with Gasteiger partial charge in [0, 0.05) is 21.0 Å². The molecular weight excluding hydrogens is 204 g/mol. The van der Waals surface area contributed by atoms with Crippen LogP contribution in [0, 0.1) is 0 Å². The summed E-state index contributed by atoms with van der Waals surface area (Å²) in [5.74, 6) is -0.882. The molecule has 0 heterocycles. The minimum absolute atomic E-state index is 0.0153. The van der Waals surface area contributed by atoms with Crippen LogP contribution in [0.1, 0.15) is 13.8 Å². The van der Waals surface area contributed by atoms with E-state index in [1.54, 1.807) is 0 Å². The van der Waals surface area contributed by atoms with Crippen molar-refractivity contribution in [2.75, 3.05) is 27.1 Å². The Morgan fingerprint density at radius 2 is 1.80 bits per heavy atom. The van der Waals surface area contributed by atoms with Gasteiger partial charge in [-0.1, -0.05) is 0 Å². The highest BCUT2D eigenvalue weighted by Crippen LogP contribution is 1.96. The maximum Gasteiger partial charge on any atom is 0.303 e. The van der Waals surface area contributed by atoms with Crippen LogP contribution in [0.15, 0.2) is 0 Å². The molecule has 0 aromatic rings. The lowest BCUT2D eigenvalue weighted by Gasteiger charge is -2.16. The maximum absolute atomic E-state index is 10.7. The predicted molar refractivity (Wildman–Crippen MR) is 50.0 cm³/mol. The predicted octanol–water partition coefficient (Wildman–Crippen LogP) is 0.102. The van der Waals surface area contributed by atoms with E-state index in [1.165, 1.54) is 21.0 Å². The van der Waals surface area contributed by atoms with E-state index in [1.807, 2.05) is 0 Å². The van der Waals surface area contributed by atoms with Crippen LogP contribution in [-0.4, -0.2) is 45.2 Å². The molecule has 0 spiro atoms. The third-order valence-corrected chi connectivity index (χ3v) is 1.31. The number of hydrogen-bond acceptors (Lipinski definition) is 6. The molecule has 0 aliphatic heterocycles. The molecule has 6 heteroatoms. The number of esters is 2. The Morgan fingerprint density at radius 1 is 1.13 bits per heavy atom. The van der Waals surface area contributed by atoms with Gasteiger partial charge < -0.3 is 18.9 Å². The Morgan fingerprint density at radius 3 is 2.27 bits per heavy atom. The fourth-order valence-corrected chi connectivity index (χ4v) is 0.824. The zero-order valence-electron chi connectivity index (χ0n) is 9.15. The van der Waals surface area contributed by atoms with Crippen LogP contribution in [0.25, 0.3) is 0 Å². The highest BCUT2D eigenvalue weighted by molar-refractivity contribution is 5.67. The van der Waals surface area contributed by atoms with Gasteiger partial charge in [0.15, 0.2) is 6.10 Å². The summed E-state index contributed by atoms with van der Waals surface area (Å²) in [6.45, 7) is 2.76. The van der Waals surface area contributed by atoms with Crippen LogP contribution in [0.4, 0.5) is 0 Å². The van der Waals surface area contributed by atoms with Crippen LogP contribution in [0.3, 0.4) is 0 Å². The molecule has 1 unspecified atom stereocenters. The Balaban J connectivity index is 3.83. The second-order valence-corrected chi connectivity index (χ2v) is 2.81. The smallest absolute Gasteiger partial charge is 0.303 e. The maximum atomic E-state index is 10.7.